The summed E-state index contributed by atoms with van der Waals surface area (Å²) in [7, 11) is 0. The molecule has 1 aromatic carbocycles. The Hall–Kier alpha value is -1.74. The van der Waals surface area contributed by atoms with Crippen LogP contribution in [0.25, 0.3) is 11.1 Å². The third-order valence-electron chi connectivity index (χ3n) is 4.18. The van der Waals surface area contributed by atoms with Crippen LogP contribution in [0.5, 0.6) is 0 Å². The minimum absolute atomic E-state index is 0.0468. The van der Waals surface area contributed by atoms with Crippen molar-refractivity contribution < 1.29 is 9.50 Å². The van der Waals surface area contributed by atoms with Gasteiger partial charge < -0.3 is 5.11 Å². The van der Waals surface area contributed by atoms with Gasteiger partial charge in [0, 0.05) is 17.5 Å². The summed E-state index contributed by atoms with van der Waals surface area (Å²) in [6.45, 7) is 6.29. The number of unbranched alkanes of at least 4 members (excludes halogenated alkanes) is 2. The molecule has 23 heavy (non-hydrogen) atoms. The number of halogens is 1. The van der Waals surface area contributed by atoms with E-state index in [1.165, 1.54) is 18.6 Å². The van der Waals surface area contributed by atoms with Crippen molar-refractivity contribution in [3.63, 3.8) is 0 Å². The first-order chi connectivity index (χ1) is 11.1. The molecule has 0 spiro atoms. The van der Waals surface area contributed by atoms with Crippen molar-refractivity contribution in [2.45, 2.75) is 59.0 Å². The van der Waals surface area contributed by atoms with E-state index >= 15 is 0 Å². The van der Waals surface area contributed by atoms with Crippen LogP contribution in [0.4, 0.5) is 4.39 Å². The van der Waals surface area contributed by atoms with Crippen molar-refractivity contribution >= 4 is 0 Å². The molecule has 0 saturated heterocycles. The Morgan fingerprint density at radius 2 is 1.83 bits per heavy atom. The molecule has 2 rings (SSSR count). The average molecular weight is 315 g/mol. The van der Waals surface area contributed by atoms with Gasteiger partial charge in [0.25, 0.3) is 0 Å². The monoisotopic (exact) mass is 315 g/mol. The number of aromatic nitrogens is 1. The van der Waals surface area contributed by atoms with Crippen LogP contribution in [0.3, 0.4) is 0 Å². The van der Waals surface area contributed by atoms with Crippen LogP contribution in [0.2, 0.25) is 0 Å². The molecule has 0 fully saturated rings. The molecule has 2 nitrogen and oxygen atoms in total. The number of pyridine rings is 1. The largest absolute Gasteiger partial charge is 0.392 e. The minimum Gasteiger partial charge on any atom is -0.392 e. The van der Waals surface area contributed by atoms with E-state index in [0.717, 1.165) is 47.2 Å². The second-order valence-corrected chi connectivity index (χ2v) is 6.30. The van der Waals surface area contributed by atoms with E-state index in [4.69, 9.17) is 0 Å². The molecule has 0 saturated carbocycles. The van der Waals surface area contributed by atoms with Gasteiger partial charge in [-0.25, -0.2) is 4.39 Å². The Labute approximate surface area is 138 Å². The number of aryl methyl sites for hydroxylation is 1. The smallest absolute Gasteiger partial charge is 0.123 e. The molecule has 2 aromatic rings. The first-order valence-electron chi connectivity index (χ1n) is 8.45. The zero-order chi connectivity index (χ0) is 16.8. The summed E-state index contributed by atoms with van der Waals surface area (Å²) in [4.78, 5) is 4.60. The summed E-state index contributed by atoms with van der Waals surface area (Å²) in [5, 5.41) is 9.95. The van der Waals surface area contributed by atoms with E-state index in [1.807, 2.05) is 6.20 Å². The van der Waals surface area contributed by atoms with E-state index in [-0.39, 0.29) is 18.3 Å². The molecule has 1 aromatic heterocycles. The van der Waals surface area contributed by atoms with E-state index in [0.29, 0.717) is 0 Å². The van der Waals surface area contributed by atoms with Gasteiger partial charge in [0.2, 0.25) is 0 Å². The van der Waals surface area contributed by atoms with E-state index < -0.39 is 0 Å². The molecule has 0 atom stereocenters. The van der Waals surface area contributed by atoms with Crippen LogP contribution in [0, 0.1) is 5.82 Å². The van der Waals surface area contributed by atoms with Gasteiger partial charge in [-0.3, -0.25) is 4.98 Å². The fourth-order valence-corrected chi connectivity index (χ4v) is 3.00. The van der Waals surface area contributed by atoms with Crippen molar-refractivity contribution in [3.8, 4) is 11.1 Å². The lowest BCUT2D eigenvalue weighted by Gasteiger charge is -2.19. The van der Waals surface area contributed by atoms with Gasteiger partial charge in [0.05, 0.1) is 6.61 Å². The van der Waals surface area contributed by atoms with E-state index in [9.17, 15) is 9.50 Å². The molecule has 3 heteroatoms. The Morgan fingerprint density at radius 1 is 1.13 bits per heavy atom. The SMILES string of the molecule is CCCCCc1cnc(C(C)C)c(CO)c1-c1ccc(F)cc1. The van der Waals surface area contributed by atoms with Gasteiger partial charge in [0.15, 0.2) is 0 Å². The predicted octanol–water partition coefficient (Wildman–Crippen LogP) is 5.24. The van der Waals surface area contributed by atoms with Gasteiger partial charge in [-0.2, -0.15) is 0 Å². The molecule has 1 N–H and O–H groups in total. The summed E-state index contributed by atoms with van der Waals surface area (Å²) >= 11 is 0. The fraction of sp³-hybridized carbons (Fsp3) is 0.450. The number of hydrogen-bond acceptors (Lipinski definition) is 2. The Morgan fingerprint density at radius 3 is 2.39 bits per heavy atom. The van der Waals surface area contributed by atoms with Gasteiger partial charge in [-0.15, -0.1) is 0 Å². The second-order valence-electron chi connectivity index (χ2n) is 6.30. The highest BCUT2D eigenvalue weighted by atomic mass is 19.1. The number of benzene rings is 1. The highest BCUT2D eigenvalue weighted by Gasteiger charge is 2.17. The Bertz CT molecular complexity index is 635. The number of aliphatic hydroxyl groups is 1. The van der Waals surface area contributed by atoms with E-state index in [2.05, 4.69) is 25.8 Å². The predicted molar refractivity (Wildman–Crippen MR) is 92.9 cm³/mol. The molecule has 0 aliphatic heterocycles. The summed E-state index contributed by atoms with van der Waals surface area (Å²) in [5.74, 6) is -0.00832. The fourth-order valence-electron chi connectivity index (χ4n) is 3.00. The number of aliphatic hydroxyl groups excluding tert-OH is 1. The lowest BCUT2D eigenvalue weighted by atomic mass is 9.89. The average Bonchev–Trinajstić information content (AvgIpc) is 2.55. The minimum atomic E-state index is -0.245. The van der Waals surface area contributed by atoms with Gasteiger partial charge in [-0.05, 0) is 47.6 Å². The van der Waals surface area contributed by atoms with Crippen LogP contribution in [-0.4, -0.2) is 10.1 Å². The highest BCUT2D eigenvalue weighted by molar-refractivity contribution is 5.71. The number of rotatable bonds is 7. The molecule has 0 aliphatic carbocycles. The van der Waals surface area contributed by atoms with Crippen LogP contribution in [0.15, 0.2) is 30.5 Å². The molecule has 124 valence electrons. The molecule has 0 radical (unpaired) electrons. The molecule has 0 unspecified atom stereocenters. The maximum Gasteiger partial charge on any atom is 0.123 e. The second kappa shape index (κ2) is 8.21. The number of nitrogens with zero attached hydrogens (tertiary/aromatic N) is 1. The topological polar surface area (TPSA) is 33.1 Å². The molecule has 0 amide bonds. The number of hydrogen-bond donors (Lipinski definition) is 1. The van der Waals surface area contributed by atoms with Crippen molar-refractivity contribution in [1.82, 2.24) is 4.98 Å². The quantitative estimate of drug-likeness (QED) is 0.709. The van der Waals surface area contributed by atoms with Gasteiger partial charge >= 0.3 is 0 Å². The summed E-state index contributed by atoms with van der Waals surface area (Å²) in [6, 6.07) is 6.53. The maximum absolute atomic E-state index is 13.3. The van der Waals surface area contributed by atoms with Crippen molar-refractivity contribution in [1.29, 1.82) is 0 Å². The summed E-state index contributed by atoms with van der Waals surface area (Å²) in [6.07, 6.45) is 6.29. The van der Waals surface area contributed by atoms with Crippen molar-refractivity contribution in [3.05, 3.63) is 53.1 Å². The molecule has 1 heterocycles. The lowest BCUT2D eigenvalue weighted by Crippen LogP contribution is -2.06. The van der Waals surface area contributed by atoms with Crippen molar-refractivity contribution in [2.75, 3.05) is 0 Å². The lowest BCUT2D eigenvalue weighted by molar-refractivity contribution is 0.280. The first kappa shape index (κ1) is 17.6. The zero-order valence-electron chi connectivity index (χ0n) is 14.3. The molecular weight excluding hydrogens is 289 g/mol. The highest BCUT2D eigenvalue weighted by Crippen LogP contribution is 2.33. The van der Waals surface area contributed by atoms with Crippen LogP contribution in [-0.2, 0) is 13.0 Å². The Kier molecular flexibility index (Phi) is 6.28. The van der Waals surface area contributed by atoms with Crippen molar-refractivity contribution in [2.24, 2.45) is 0 Å². The third kappa shape index (κ3) is 4.17. The van der Waals surface area contributed by atoms with Crippen LogP contribution >= 0.6 is 0 Å². The summed E-state index contributed by atoms with van der Waals surface area (Å²) < 4.78 is 13.3. The normalized spacial score (nSPS) is 11.2. The molecule has 0 aliphatic rings. The zero-order valence-corrected chi connectivity index (χ0v) is 14.3. The van der Waals surface area contributed by atoms with Crippen LogP contribution in [0.1, 0.15) is 62.8 Å². The first-order valence-corrected chi connectivity index (χ1v) is 8.45. The van der Waals surface area contributed by atoms with Gasteiger partial charge in [0.1, 0.15) is 5.82 Å². The Balaban J connectivity index is 2.56. The van der Waals surface area contributed by atoms with E-state index in [1.54, 1.807) is 12.1 Å². The maximum atomic E-state index is 13.3. The molecule has 0 bridgehead atoms. The molecular formula is C20H26FNO. The summed E-state index contributed by atoms with van der Waals surface area (Å²) in [5.41, 5.74) is 4.92. The van der Waals surface area contributed by atoms with Gasteiger partial charge in [-0.1, -0.05) is 45.7 Å². The standard InChI is InChI=1S/C20H26FNO/c1-4-5-6-7-16-12-22-20(14(2)3)18(13-23)19(16)15-8-10-17(21)11-9-15/h8-12,14,23H,4-7,13H2,1-3H3. The third-order valence-corrected chi connectivity index (χ3v) is 4.18. The van der Waals surface area contributed by atoms with Crippen LogP contribution < -0.4 is 0 Å².